The molecule has 15 heavy (non-hydrogen) atoms. The molecule has 86 valence electrons. The lowest BCUT2D eigenvalue weighted by Gasteiger charge is -2.03. The van der Waals surface area contributed by atoms with Gasteiger partial charge in [-0.3, -0.25) is 0 Å². The minimum Gasteiger partial charge on any atom is -0.166 e. The highest BCUT2D eigenvalue weighted by atomic mass is 19.4. The van der Waals surface area contributed by atoms with Crippen molar-refractivity contribution in [3.05, 3.63) is 36.5 Å². The van der Waals surface area contributed by atoms with E-state index >= 15 is 0 Å². The predicted molar refractivity (Wildman–Crippen MR) is 57.5 cm³/mol. The zero-order valence-corrected chi connectivity index (χ0v) is 9.14. The van der Waals surface area contributed by atoms with Crippen LogP contribution in [0, 0.1) is 5.92 Å². The standard InChI is InChI=1S/C12H17F3/c1-10(2)8-6-4-5-7-9-11(3)12(13,14)15/h4-5,7,9-10H,3,6,8H2,1-2H3/b5-4-,9-7-. The van der Waals surface area contributed by atoms with Crippen LogP contribution in [0.3, 0.4) is 0 Å². The van der Waals surface area contributed by atoms with Gasteiger partial charge in [0.05, 0.1) is 0 Å². The molecule has 0 aromatic carbocycles. The predicted octanol–water partition coefficient (Wildman–Crippen LogP) is 4.65. The summed E-state index contributed by atoms with van der Waals surface area (Å²) in [4.78, 5) is 0. The van der Waals surface area contributed by atoms with Crippen molar-refractivity contribution in [1.82, 2.24) is 0 Å². The van der Waals surface area contributed by atoms with Crippen molar-refractivity contribution < 1.29 is 13.2 Å². The van der Waals surface area contributed by atoms with Gasteiger partial charge in [-0.25, -0.2) is 0 Å². The minimum atomic E-state index is -4.32. The molecule has 0 rings (SSSR count). The molecule has 0 atom stereocenters. The van der Waals surface area contributed by atoms with Crippen LogP contribution in [0.15, 0.2) is 36.5 Å². The Morgan fingerprint density at radius 2 is 1.87 bits per heavy atom. The van der Waals surface area contributed by atoms with Gasteiger partial charge in [0.15, 0.2) is 0 Å². The molecule has 0 aliphatic heterocycles. The molecular formula is C12H17F3. The van der Waals surface area contributed by atoms with E-state index < -0.39 is 11.7 Å². The summed E-state index contributed by atoms with van der Waals surface area (Å²) in [5, 5.41) is 0. The molecule has 0 aromatic heterocycles. The number of hydrogen-bond acceptors (Lipinski definition) is 0. The molecule has 0 aliphatic rings. The number of alkyl halides is 3. The molecule has 0 aromatic rings. The van der Waals surface area contributed by atoms with Crippen LogP contribution >= 0.6 is 0 Å². The average Bonchev–Trinajstić information content (AvgIpc) is 2.08. The fourth-order valence-electron chi connectivity index (χ4n) is 0.871. The van der Waals surface area contributed by atoms with Gasteiger partial charge in [-0.1, -0.05) is 44.7 Å². The van der Waals surface area contributed by atoms with Gasteiger partial charge in [0, 0.05) is 5.57 Å². The number of rotatable bonds is 5. The quantitative estimate of drug-likeness (QED) is 0.589. The second-order valence-corrected chi connectivity index (χ2v) is 3.78. The van der Waals surface area contributed by atoms with E-state index in [0.29, 0.717) is 5.92 Å². The molecule has 0 fully saturated rings. The zero-order valence-electron chi connectivity index (χ0n) is 9.14. The lowest BCUT2D eigenvalue weighted by Crippen LogP contribution is -2.08. The van der Waals surface area contributed by atoms with Gasteiger partial charge >= 0.3 is 6.18 Å². The first kappa shape index (κ1) is 14.0. The molecule has 0 amide bonds. The molecule has 3 heteroatoms. The van der Waals surface area contributed by atoms with Crippen molar-refractivity contribution in [2.75, 3.05) is 0 Å². The molecule has 0 nitrogen and oxygen atoms in total. The van der Waals surface area contributed by atoms with E-state index in [1.807, 2.05) is 6.08 Å². The molecular weight excluding hydrogens is 201 g/mol. The van der Waals surface area contributed by atoms with Crippen molar-refractivity contribution >= 4 is 0 Å². The molecule has 0 bridgehead atoms. The number of allylic oxidation sites excluding steroid dienone is 5. The molecule has 0 radical (unpaired) electrons. The summed E-state index contributed by atoms with van der Waals surface area (Å²) in [6, 6.07) is 0. The SMILES string of the molecule is C=C(/C=C\C=C/CCC(C)C)C(F)(F)F. The Hall–Kier alpha value is -0.990. The summed E-state index contributed by atoms with van der Waals surface area (Å²) in [6.45, 7) is 7.14. The van der Waals surface area contributed by atoms with E-state index in [0.717, 1.165) is 18.9 Å². The average molecular weight is 218 g/mol. The van der Waals surface area contributed by atoms with Crippen LogP contribution in [0.1, 0.15) is 26.7 Å². The van der Waals surface area contributed by atoms with Crippen molar-refractivity contribution in [2.24, 2.45) is 5.92 Å². The van der Waals surface area contributed by atoms with Gasteiger partial charge in [-0.05, 0) is 18.8 Å². The third-order valence-electron chi connectivity index (χ3n) is 1.82. The van der Waals surface area contributed by atoms with E-state index in [-0.39, 0.29) is 0 Å². The number of hydrogen-bond donors (Lipinski definition) is 0. The van der Waals surface area contributed by atoms with Crippen molar-refractivity contribution in [3.63, 3.8) is 0 Å². The van der Waals surface area contributed by atoms with Crippen molar-refractivity contribution in [1.29, 1.82) is 0 Å². The maximum absolute atomic E-state index is 12.0. The molecule has 0 saturated heterocycles. The Labute approximate surface area is 89.2 Å². The van der Waals surface area contributed by atoms with Crippen LogP contribution in [-0.4, -0.2) is 6.18 Å². The molecule has 0 spiro atoms. The van der Waals surface area contributed by atoms with Crippen LogP contribution in [-0.2, 0) is 0 Å². The van der Waals surface area contributed by atoms with Gasteiger partial charge in [0.1, 0.15) is 0 Å². The summed E-state index contributed by atoms with van der Waals surface area (Å²) in [5.74, 6) is 0.615. The van der Waals surface area contributed by atoms with Gasteiger partial charge in [-0.15, -0.1) is 0 Å². The second-order valence-electron chi connectivity index (χ2n) is 3.78. The fraction of sp³-hybridized carbons (Fsp3) is 0.500. The Bertz CT molecular complexity index is 244. The molecule has 0 aliphatic carbocycles. The summed E-state index contributed by atoms with van der Waals surface area (Å²) < 4.78 is 35.9. The van der Waals surface area contributed by atoms with Crippen LogP contribution < -0.4 is 0 Å². The molecule has 0 N–H and O–H groups in total. The minimum absolute atomic E-state index is 0.615. The Kier molecular flexibility index (Phi) is 6.06. The fourth-order valence-corrected chi connectivity index (χ4v) is 0.871. The highest BCUT2D eigenvalue weighted by Crippen LogP contribution is 2.24. The van der Waals surface area contributed by atoms with Gasteiger partial charge in [0.2, 0.25) is 0 Å². The van der Waals surface area contributed by atoms with E-state index in [1.165, 1.54) is 6.08 Å². The topological polar surface area (TPSA) is 0 Å². The molecule has 0 unspecified atom stereocenters. The van der Waals surface area contributed by atoms with Gasteiger partial charge in [0.25, 0.3) is 0 Å². The van der Waals surface area contributed by atoms with Gasteiger partial charge < -0.3 is 0 Å². The van der Waals surface area contributed by atoms with Crippen LogP contribution in [0.2, 0.25) is 0 Å². The largest absolute Gasteiger partial charge is 0.415 e. The maximum Gasteiger partial charge on any atom is 0.415 e. The van der Waals surface area contributed by atoms with E-state index in [1.54, 1.807) is 6.08 Å². The third kappa shape index (κ3) is 8.03. The first-order valence-corrected chi connectivity index (χ1v) is 4.93. The zero-order chi connectivity index (χ0) is 11.9. The van der Waals surface area contributed by atoms with Crippen molar-refractivity contribution in [3.8, 4) is 0 Å². The second kappa shape index (κ2) is 6.49. The van der Waals surface area contributed by atoms with Crippen LogP contribution in [0.5, 0.6) is 0 Å². The van der Waals surface area contributed by atoms with E-state index in [2.05, 4.69) is 20.4 Å². The lowest BCUT2D eigenvalue weighted by molar-refractivity contribution is -0.0878. The molecule has 0 saturated carbocycles. The Morgan fingerprint density at radius 1 is 1.27 bits per heavy atom. The summed E-state index contributed by atoms with van der Waals surface area (Å²) in [7, 11) is 0. The van der Waals surface area contributed by atoms with E-state index in [9.17, 15) is 13.2 Å². The summed E-state index contributed by atoms with van der Waals surface area (Å²) in [6.07, 6.45) is 3.45. The molecule has 0 heterocycles. The van der Waals surface area contributed by atoms with Crippen molar-refractivity contribution in [2.45, 2.75) is 32.9 Å². The normalized spacial score (nSPS) is 13.2. The smallest absolute Gasteiger partial charge is 0.166 e. The lowest BCUT2D eigenvalue weighted by atomic mass is 10.1. The summed E-state index contributed by atoms with van der Waals surface area (Å²) in [5.41, 5.74) is -0.823. The first-order valence-electron chi connectivity index (χ1n) is 4.93. The highest BCUT2D eigenvalue weighted by molar-refractivity contribution is 5.23. The summed E-state index contributed by atoms with van der Waals surface area (Å²) >= 11 is 0. The van der Waals surface area contributed by atoms with Crippen LogP contribution in [0.25, 0.3) is 0 Å². The first-order chi connectivity index (χ1) is 6.84. The van der Waals surface area contributed by atoms with Crippen LogP contribution in [0.4, 0.5) is 13.2 Å². The Balaban J connectivity index is 3.85. The van der Waals surface area contributed by atoms with Gasteiger partial charge in [-0.2, -0.15) is 13.2 Å². The monoisotopic (exact) mass is 218 g/mol. The maximum atomic E-state index is 12.0. The number of halogens is 3. The van der Waals surface area contributed by atoms with E-state index in [4.69, 9.17) is 0 Å². The highest BCUT2D eigenvalue weighted by Gasteiger charge is 2.29. The Morgan fingerprint density at radius 3 is 2.33 bits per heavy atom. The third-order valence-corrected chi connectivity index (χ3v) is 1.82.